The number of ether oxygens (including phenoxy) is 1. The second kappa shape index (κ2) is 6.59. The first-order chi connectivity index (χ1) is 11.6. The topological polar surface area (TPSA) is 82.3 Å². The Bertz CT molecular complexity index is 962. The summed E-state index contributed by atoms with van der Waals surface area (Å²) in [7, 11) is 1.34. The highest BCUT2D eigenvalue weighted by Crippen LogP contribution is 2.27. The normalized spacial score (nSPS) is 11.0. The van der Waals surface area contributed by atoms with Crippen molar-refractivity contribution in [3.05, 3.63) is 68.7 Å². The smallest absolute Gasteiger partial charge is 0.338 e. The van der Waals surface area contributed by atoms with Gasteiger partial charge in [-0.15, -0.1) is 11.3 Å². The first-order valence-corrected chi connectivity index (χ1v) is 7.80. The Hall–Kier alpha value is -3.06. The van der Waals surface area contributed by atoms with Gasteiger partial charge in [0, 0.05) is 12.1 Å². The third-order valence-corrected chi connectivity index (χ3v) is 4.35. The molecule has 0 aliphatic carbocycles. The second-order valence-electron chi connectivity index (χ2n) is 4.87. The number of rotatable bonds is 4. The third-order valence-electron chi connectivity index (χ3n) is 3.37. The summed E-state index contributed by atoms with van der Waals surface area (Å²) in [6, 6.07) is 11.7. The predicted molar refractivity (Wildman–Crippen MR) is 93.0 cm³/mol. The number of carbonyl (C=O) groups excluding carboxylic acids is 1. The van der Waals surface area contributed by atoms with Crippen LogP contribution < -0.4 is 0 Å². The second-order valence-corrected chi connectivity index (χ2v) is 5.94. The molecule has 3 rings (SSSR count). The van der Waals surface area contributed by atoms with Crippen LogP contribution in [0.15, 0.2) is 42.5 Å². The van der Waals surface area contributed by atoms with Crippen LogP contribution in [0.1, 0.15) is 20.9 Å². The summed E-state index contributed by atoms with van der Waals surface area (Å²) in [4.78, 5) is 26.6. The van der Waals surface area contributed by atoms with Crippen LogP contribution in [0.4, 0.5) is 5.69 Å². The molecule has 6 nitrogen and oxygen atoms in total. The van der Waals surface area contributed by atoms with Gasteiger partial charge in [0.1, 0.15) is 5.01 Å². The summed E-state index contributed by atoms with van der Waals surface area (Å²) in [6.45, 7) is 0. The lowest BCUT2D eigenvalue weighted by molar-refractivity contribution is -0.384. The van der Waals surface area contributed by atoms with Gasteiger partial charge in [0.2, 0.25) is 0 Å². The molecule has 7 heteroatoms. The molecule has 0 radical (unpaired) electrons. The molecule has 1 aromatic heterocycles. The van der Waals surface area contributed by atoms with E-state index in [-0.39, 0.29) is 5.69 Å². The van der Waals surface area contributed by atoms with E-state index in [0.717, 1.165) is 10.3 Å². The minimum absolute atomic E-state index is 0.0396. The molecule has 0 atom stereocenters. The fourth-order valence-corrected chi connectivity index (χ4v) is 3.12. The molecule has 0 saturated heterocycles. The van der Waals surface area contributed by atoms with E-state index < -0.39 is 10.9 Å². The fourth-order valence-electron chi connectivity index (χ4n) is 2.22. The van der Waals surface area contributed by atoms with Crippen LogP contribution in [0, 0.1) is 10.1 Å². The number of methoxy groups -OCH3 is 1. The van der Waals surface area contributed by atoms with Gasteiger partial charge in [-0.1, -0.05) is 24.3 Å². The quantitative estimate of drug-likeness (QED) is 0.404. The average molecular weight is 340 g/mol. The number of hydrogen-bond acceptors (Lipinski definition) is 6. The molecular formula is C17H12N2O4S. The lowest BCUT2D eigenvalue weighted by Crippen LogP contribution is -2.02. The molecule has 0 aliphatic heterocycles. The number of thiazole rings is 1. The number of nitro benzene ring substituents is 1. The Morgan fingerprint density at radius 2 is 2.04 bits per heavy atom. The molecule has 24 heavy (non-hydrogen) atoms. The van der Waals surface area contributed by atoms with Crippen molar-refractivity contribution >= 4 is 45.4 Å². The van der Waals surface area contributed by atoms with E-state index in [1.54, 1.807) is 36.4 Å². The highest BCUT2D eigenvalue weighted by Gasteiger charge is 2.10. The maximum atomic E-state index is 11.8. The molecule has 0 aliphatic rings. The van der Waals surface area contributed by atoms with Gasteiger partial charge in [0.25, 0.3) is 5.69 Å². The first-order valence-electron chi connectivity index (χ1n) is 6.99. The number of hydrogen-bond donors (Lipinski definition) is 0. The minimum Gasteiger partial charge on any atom is -0.465 e. The van der Waals surface area contributed by atoms with Crippen LogP contribution in [-0.4, -0.2) is 23.0 Å². The van der Waals surface area contributed by atoms with Crippen LogP contribution >= 0.6 is 11.3 Å². The molecular weight excluding hydrogens is 328 g/mol. The lowest BCUT2D eigenvalue weighted by Gasteiger charge is -2.02. The van der Waals surface area contributed by atoms with E-state index in [1.807, 2.05) is 6.07 Å². The van der Waals surface area contributed by atoms with Gasteiger partial charge in [0.05, 0.1) is 27.8 Å². The number of esters is 1. The molecule has 0 unspecified atom stereocenters. The largest absolute Gasteiger partial charge is 0.465 e. The summed E-state index contributed by atoms with van der Waals surface area (Å²) >= 11 is 1.35. The van der Waals surface area contributed by atoms with Crippen molar-refractivity contribution in [1.82, 2.24) is 4.98 Å². The van der Waals surface area contributed by atoms with E-state index >= 15 is 0 Å². The van der Waals surface area contributed by atoms with Gasteiger partial charge in [-0.05, 0) is 23.8 Å². The fraction of sp³-hybridized carbons (Fsp3) is 0.0588. The molecule has 0 bridgehead atoms. The number of non-ortho nitro benzene ring substituents is 1. The molecule has 120 valence electrons. The Morgan fingerprint density at radius 3 is 2.79 bits per heavy atom. The Morgan fingerprint density at radius 1 is 1.25 bits per heavy atom. The van der Waals surface area contributed by atoms with Gasteiger partial charge in [-0.25, -0.2) is 9.78 Å². The van der Waals surface area contributed by atoms with Crippen LogP contribution in [0.25, 0.3) is 22.4 Å². The molecule has 3 aromatic rings. The zero-order valence-corrected chi connectivity index (χ0v) is 13.4. The minimum atomic E-state index is -0.429. The van der Waals surface area contributed by atoms with E-state index in [0.29, 0.717) is 16.1 Å². The van der Waals surface area contributed by atoms with Crippen molar-refractivity contribution in [2.45, 2.75) is 0 Å². The van der Waals surface area contributed by atoms with E-state index in [4.69, 9.17) is 4.74 Å². The molecule has 0 amide bonds. The third kappa shape index (κ3) is 3.16. The van der Waals surface area contributed by atoms with Crippen molar-refractivity contribution in [3.63, 3.8) is 0 Å². The van der Waals surface area contributed by atoms with E-state index in [1.165, 1.54) is 30.6 Å². The van der Waals surface area contributed by atoms with E-state index in [2.05, 4.69) is 4.98 Å². The van der Waals surface area contributed by atoms with Crippen molar-refractivity contribution < 1.29 is 14.5 Å². The van der Waals surface area contributed by atoms with Gasteiger partial charge in [0.15, 0.2) is 0 Å². The monoisotopic (exact) mass is 340 g/mol. The summed E-state index contributed by atoms with van der Waals surface area (Å²) < 4.78 is 5.50. The maximum absolute atomic E-state index is 11.8. The van der Waals surface area contributed by atoms with Gasteiger partial charge >= 0.3 is 5.97 Å². The van der Waals surface area contributed by atoms with Gasteiger partial charge in [-0.3, -0.25) is 10.1 Å². The molecule has 0 spiro atoms. The summed E-state index contributed by atoms with van der Waals surface area (Å²) in [5, 5.41) is 11.5. The Kier molecular flexibility index (Phi) is 4.35. The van der Waals surface area contributed by atoms with E-state index in [9.17, 15) is 14.9 Å². The average Bonchev–Trinajstić information content (AvgIpc) is 3.01. The SMILES string of the molecule is COC(=O)c1ccccc1/C=C/c1nc2ccc([N+](=O)[O-])cc2s1. The Labute approximate surface area is 141 Å². The standard InChI is InChI=1S/C17H12N2O4S/c1-23-17(20)13-5-3-2-4-11(13)6-9-16-18-14-8-7-12(19(21)22)10-15(14)24-16/h2-10H,1H3/b9-6+. The van der Waals surface area contributed by atoms with Crippen molar-refractivity contribution in [3.8, 4) is 0 Å². The zero-order valence-electron chi connectivity index (χ0n) is 12.6. The van der Waals surface area contributed by atoms with Crippen molar-refractivity contribution in [2.24, 2.45) is 0 Å². The number of fused-ring (bicyclic) bond motifs is 1. The van der Waals surface area contributed by atoms with Crippen LogP contribution in [-0.2, 0) is 4.74 Å². The molecule has 2 aromatic carbocycles. The maximum Gasteiger partial charge on any atom is 0.338 e. The highest BCUT2D eigenvalue weighted by molar-refractivity contribution is 7.19. The number of aromatic nitrogens is 1. The van der Waals surface area contributed by atoms with Crippen LogP contribution in [0.2, 0.25) is 0 Å². The van der Waals surface area contributed by atoms with Crippen molar-refractivity contribution in [1.29, 1.82) is 0 Å². The molecule has 1 heterocycles. The zero-order chi connectivity index (χ0) is 17.1. The van der Waals surface area contributed by atoms with Gasteiger partial charge < -0.3 is 4.74 Å². The molecule has 0 N–H and O–H groups in total. The first kappa shape index (κ1) is 15.8. The van der Waals surface area contributed by atoms with Crippen LogP contribution in [0.5, 0.6) is 0 Å². The summed E-state index contributed by atoms with van der Waals surface area (Å²) in [5.41, 5.74) is 1.92. The van der Waals surface area contributed by atoms with Gasteiger partial charge in [-0.2, -0.15) is 0 Å². The predicted octanol–water partition coefficient (Wildman–Crippen LogP) is 4.16. The van der Waals surface area contributed by atoms with Crippen molar-refractivity contribution in [2.75, 3.05) is 7.11 Å². The summed E-state index contributed by atoms with van der Waals surface area (Å²) in [6.07, 6.45) is 3.55. The molecule has 0 fully saturated rings. The van der Waals surface area contributed by atoms with Crippen LogP contribution in [0.3, 0.4) is 0 Å². The number of nitro groups is 1. The number of benzene rings is 2. The highest BCUT2D eigenvalue weighted by atomic mass is 32.1. The molecule has 0 saturated carbocycles. The Balaban J connectivity index is 1.94. The summed E-state index contributed by atoms with van der Waals surface area (Å²) in [5.74, 6) is -0.407. The lowest BCUT2D eigenvalue weighted by atomic mass is 10.1. The number of nitrogens with zero attached hydrogens (tertiary/aromatic N) is 2. The number of carbonyl (C=O) groups is 1.